The van der Waals surface area contributed by atoms with Crippen molar-refractivity contribution in [3.05, 3.63) is 35.4 Å². The number of benzene rings is 1. The molecule has 0 saturated carbocycles. The van der Waals surface area contributed by atoms with Crippen LogP contribution in [0.3, 0.4) is 0 Å². The number of allylic oxidation sites excluding steroid dienone is 1. The number of morpholine rings is 1. The second kappa shape index (κ2) is 9.31. The second-order valence-corrected chi connectivity index (χ2v) is 8.69. The summed E-state index contributed by atoms with van der Waals surface area (Å²) >= 11 is 0. The number of nitrogens with one attached hydrogen (secondary N) is 1. The molecule has 1 aromatic carbocycles. The highest BCUT2D eigenvalue weighted by molar-refractivity contribution is 7.89. The van der Waals surface area contributed by atoms with Crippen LogP contribution in [0.2, 0.25) is 0 Å². The minimum atomic E-state index is -3.69. The van der Waals surface area contributed by atoms with Crippen molar-refractivity contribution >= 4 is 27.6 Å². The Hall–Kier alpha value is -2.23. The lowest BCUT2D eigenvalue weighted by Gasteiger charge is -2.27. The van der Waals surface area contributed by atoms with E-state index in [1.165, 1.54) is 23.4 Å². The van der Waals surface area contributed by atoms with Crippen LogP contribution in [0, 0.1) is 6.92 Å². The number of sulfonamides is 1. The first kappa shape index (κ1) is 22.1. The van der Waals surface area contributed by atoms with Gasteiger partial charge in [0.05, 0.1) is 18.1 Å². The van der Waals surface area contributed by atoms with Crippen LogP contribution in [0.25, 0.3) is 0 Å². The number of amides is 1. The number of esters is 1. The molecule has 1 aliphatic rings. The van der Waals surface area contributed by atoms with E-state index in [0.717, 1.165) is 5.57 Å². The van der Waals surface area contributed by atoms with Crippen molar-refractivity contribution < 1.29 is 27.5 Å². The Morgan fingerprint density at radius 1 is 1.25 bits per heavy atom. The number of nitrogens with zero attached hydrogens (tertiary/aromatic N) is 1. The Labute approximate surface area is 165 Å². The molecule has 0 radical (unpaired) electrons. The predicted octanol–water partition coefficient (Wildman–Crippen LogP) is 1.85. The first-order valence-electron chi connectivity index (χ1n) is 8.96. The number of rotatable bonds is 6. The van der Waals surface area contributed by atoms with Gasteiger partial charge in [-0.1, -0.05) is 11.6 Å². The maximum Gasteiger partial charge on any atom is 0.331 e. The van der Waals surface area contributed by atoms with Crippen LogP contribution >= 0.6 is 0 Å². The molecular formula is C19H26N2O6S. The van der Waals surface area contributed by atoms with Crippen molar-refractivity contribution in [2.75, 3.05) is 31.6 Å². The third-order valence-electron chi connectivity index (χ3n) is 4.11. The summed E-state index contributed by atoms with van der Waals surface area (Å²) < 4.78 is 37.4. The Bertz CT molecular complexity index is 868. The average Bonchev–Trinajstić information content (AvgIpc) is 2.63. The lowest BCUT2D eigenvalue weighted by atomic mass is 10.2. The Morgan fingerprint density at radius 3 is 2.50 bits per heavy atom. The average molecular weight is 410 g/mol. The molecular weight excluding hydrogens is 384 g/mol. The van der Waals surface area contributed by atoms with E-state index in [0.29, 0.717) is 24.5 Å². The maximum atomic E-state index is 12.9. The minimum Gasteiger partial charge on any atom is -0.449 e. The SMILES string of the molecule is CC(C)=CC(=O)O[C@@H](C)C(=O)Nc1ccc(C)c(S(=O)(=O)N2CCOCC2)c1. The summed E-state index contributed by atoms with van der Waals surface area (Å²) in [4.78, 5) is 24.1. The third kappa shape index (κ3) is 5.63. The number of hydrogen-bond acceptors (Lipinski definition) is 6. The topological polar surface area (TPSA) is 102 Å². The van der Waals surface area contributed by atoms with Crippen LogP contribution in [-0.4, -0.2) is 57.0 Å². The van der Waals surface area contributed by atoms with Crippen LogP contribution in [0.15, 0.2) is 34.7 Å². The van der Waals surface area contributed by atoms with E-state index in [-0.39, 0.29) is 18.0 Å². The van der Waals surface area contributed by atoms with Gasteiger partial charge in [0.25, 0.3) is 5.91 Å². The van der Waals surface area contributed by atoms with Gasteiger partial charge in [-0.15, -0.1) is 0 Å². The zero-order valence-corrected chi connectivity index (χ0v) is 17.3. The molecule has 0 spiro atoms. The number of anilines is 1. The molecule has 1 aromatic rings. The molecule has 9 heteroatoms. The van der Waals surface area contributed by atoms with Gasteiger partial charge >= 0.3 is 5.97 Å². The van der Waals surface area contributed by atoms with Gasteiger partial charge < -0.3 is 14.8 Å². The van der Waals surface area contributed by atoms with E-state index in [1.807, 2.05) is 0 Å². The lowest BCUT2D eigenvalue weighted by Crippen LogP contribution is -2.40. The standard InChI is InChI=1S/C19H26N2O6S/c1-13(2)11-18(22)27-15(4)19(23)20-16-6-5-14(3)17(12-16)28(24,25)21-7-9-26-10-8-21/h5-6,11-12,15H,7-10H2,1-4H3,(H,20,23)/t15-/m0/s1. The fraction of sp³-hybridized carbons (Fsp3) is 0.474. The molecule has 1 fully saturated rings. The Morgan fingerprint density at radius 2 is 1.89 bits per heavy atom. The quantitative estimate of drug-likeness (QED) is 0.567. The van der Waals surface area contributed by atoms with Gasteiger partial charge in [0, 0.05) is 24.9 Å². The van der Waals surface area contributed by atoms with E-state index < -0.39 is 28.0 Å². The van der Waals surface area contributed by atoms with Gasteiger partial charge in [0.2, 0.25) is 10.0 Å². The zero-order chi connectivity index (χ0) is 20.9. The first-order chi connectivity index (χ1) is 13.1. The molecule has 1 N–H and O–H groups in total. The largest absolute Gasteiger partial charge is 0.449 e. The predicted molar refractivity (Wildman–Crippen MR) is 104 cm³/mol. The molecule has 2 rings (SSSR count). The van der Waals surface area contributed by atoms with Gasteiger partial charge in [-0.2, -0.15) is 4.31 Å². The molecule has 154 valence electrons. The molecule has 1 saturated heterocycles. The summed E-state index contributed by atoms with van der Waals surface area (Å²) in [6.45, 7) is 7.91. The van der Waals surface area contributed by atoms with Crippen molar-refractivity contribution in [1.29, 1.82) is 0 Å². The van der Waals surface area contributed by atoms with E-state index in [2.05, 4.69) is 5.32 Å². The van der Waals surface area contributed by atoms with Gasteiger partial charge in [-0.3, -0.25) is 4.79 Å². The minimum absolute atomic E-state index is 0.126. The smallest absolute Gasteiger partial charge is 0.331 e. The molecule has 28 heavy (non-hydrogen) atoms. The highest BCUT2D eigenvalue weighted by Gasteiger charge is 2.28. The van der Waals surface area contributed by atoms with Gasteiger partial charge in [0.15, 0.2) is 6.10 Å². The number of ether oxygens (including phenoxy) is 2. The van der Waals surface area contributed by atoms with Crippen LogP contribution in [0.1, 0.15) is 26.3 Å². The second-order valence-electron chi connectivity index (χ2n) is 6.79. The van der Waals surface area contributed by atoms with Crippen molar-refractivity contribution in [3.63, 3.8) is 0 Å². The van der Waals surface area contributed by atoms with Gasteiger partial charge in [-0.05, 0) is 45.4 Å². The Balaban J connectivity index is 2.15. The van der Waals surface area contributed by atoms with Crippen LogP contribution < -0.4 is 5.32 Å². The molecule has 0 unspecified atom stereocenters. The number of carbonyl (C=O) groups excluding carboxylic acids is 2. The number of carbonyl (C=O) groups is 2. The normalized spacial score (nSPS) is 16.1. The molecule has 0 aromatic heterocycles. The van der Waals surface area contributed by atoms with Gasteiger partial charge in [-0.25, -0.2) is 13.2 Å². The molecule has 1 aliphatic heterocycles. The maximum absolute atomic E-state index is 12.9. The summed E-state index contributed by atoms with van der Waals surface area (Å²) in [5.41, 5.74) is 1.65. The van der Waals surface area contributed by atoms with E-state index in [9.17, 15) is 18.0 Å². The third-order valence-corrected chi connectivity index (χ3v) is 6.15. The monoisotopic (exact) mass is 410 g/mol. The van der Waals surface area contributed by atoms with E-state index in [1.54, 1.807) is 32.9 Å². The fourth-order valence-electron chi connectivity index (χ4n) is 2.62. The van der Waals surface area contributed by atoms with Crippen molar-refractivity contribution in [2.45, 2.75) is 38.7 Å². The summed E-state index contributed by atoms with van der Waals surface area (Å²) in [6, 6.07) is 4.65. The summed E-state index contributed by atoms with van der Waals surface area (Å²) in [6.07, 6.45) is 0.270. The first-order valence-corrected chi connectivity index (χ1v) is 10.4. The zero-order valence-electron chi connectivity index (χ0n) is 16.5. The van der Waals surface area contributed by atoms with E-state index in [4.69, 9.17) is 9.47 Å². The molecule has 0 aliphatic carbocycles. The lowest BCUT2D eigenvalue weighted by molar-refractivity contribution is -0.148. The Kier molecular flexibility index (Phi) is 7.34. The molecule has 1 atom stereocenters. The van der Waals surface area contributed by atoms with E-state index >= 15 is 0 Å². The molecule has 1 heterocycles. The fourth-order valence-corrected chi connectivity index (χ4v) is 4.28. The highest BCUT2D eigenvalue weighted by atomic mass is 32.2. The highest BCUT2D eigenvalue weighted by Crippen LogP contribution is 2.24. The number of aryl methyl sites for hydroxylation is 1. The molecule has 1 amide bonds. The molecule has 0 bridgehead atoms. The summed E-state index contributed by atoms with van der Waals surface area (Å²) in [5, 5.41) is 2.60. The van der Waals surface area contributed by atoms with Crippen molar-refractivity contribution in [2.24, 2.45) is 0 Å². The van der Waals surface area contributed by atoms with Crippen LogP contribution in [-0.2, 0) is 29.1 Å². The molecule has 8 nitrogen and oxygen atoms in total. The van der Waals surface area contributed by atoms with Crippen molar-refractivity contribution in [3.8, 4) is 0 Å². The summed E-state index contributed by atoms with van der Waals surface area (Å²) in [7, 11) is -3.69. The van der Waals surface area contributed by atoms with Gasteiger partial charge in [0.1, 0.15) is 0 Å². The van der Waals surface area contributed by atoms with Crippen LogP contribution in [0.4, 0.5) is 5.69 Å². The number of hydrogen-bond donors (Lipinski definition) is 1. The summed E-state index contributed by atoms with van der Waals surface area (Å²) in [5.74, 6) is -1.16. The van der Waals surface area contributed by atoms with Crippen LogP contribution in [0.5, 0.6) is 0 Å². The van der Waals surface area contributed by atoms with Crippen molar-refractivity contribution in [1.82, 2.24) is 4.31 Å².